The molecular weight excluding hydrogens is 302 g/mol. The molecule has 0 radical (unpaired) electrons. The summed E-state index contributed by atoms with van der Waals surface area (Å²) in [6, 6.07) is 0. The van der Waals surface area contributed by atoms with Gasteiger partial charge < -0.3 is 4.57 Å². The molecule has 22 heavy (non-hydrogen) atoms. The van der Waals surface area contributed by atoms with Gasteiger partial charge in [-0.05, 0) is 37.7 Å². The van der Waals surface area contributed by atoms with E-state index in [0.29, 0.717) is 19.0 Å². The van der Waals surface area contributed by atoms with Crippen molar-refractivity contribution in [2.45, 2.75) is 31.2 Å². The predicted octanol–water partition coefficient (Wildman–Crippen LogP) is 1.10. The lowest BCUT2D eigenvalue weighted by molar-refractivity contribution is 0.263. The zero-order valence-corrected chi connectivity index (χ0v) is 13.7. The third-order valence-electron chi connectivity index (χ3n) is 4.19. The second-order valence-electron chi connectivity index (χ2n) is 5.98. The van der Waals surface area contributed by atoms with Gasteiger partial charge in [-0.2, -0.15) is 9.40 Å². The smallest absolute Gasteiger partial charge is 0.262 e. The van der Waals surface area contributed by atoms with Crippen LogP contribution in [0.4, 0.5) is 0 Å². The number of nitrogens with one attached hydrogen (secondary N) is 1. The van der Waals surface area contributed by atoms with Crippen molar-refractivity contribution in [2.24, 2.45) is 13.0 Å². The van der Waals surface area contributed by atoms with Crippen LogP contribution in [0, 0.1) is 12.8 Å². The van der Waals surface area contributed by atoms with Gasteiger partial charge in [-0.25, -0.2) is 13.4 Å². The van der Waals surface area contributed by atoms with E-state index in [1.54, 1.807) is 28.3 Å². The minimum absolute atomic E-state index is 0.133. The zero-order chi connectivity index (χ0) is 15.7. The van der Waals surface area contributed by atoms with Gasteiger partial charge in [0.15, 0.2) is 5.03 Å². The van der Waals surface area contributed by atoms with E-state index in [0.717, 1.165) is 30.5 Å². The monoisotopic (exact) mass is 323 g/mol. The van der Waals surface area contributed by atoms with E-state index < -0.39 is 10.0 Å². The van der Waals surface area contributed by atoms with E-state index in [9.17, 15) is 8.42 Å². The summed E-state index contributed by atoms with van der Waals surface area (Å²) in [6.45, 7) is 3.12. The fourth-order valence-corrected chi connectivity index (χ4v) is 4.46. The summed E-state index contributed by atoms with van der Waals surface area (Å²) in [5.41, 5.74) is 2.23. The van der Waals surface area contributed by atoms with Crippen LogP contribution in [-0.2, 0) is 23.5 Å². The Balaban J connectivity index is 1.74. The summed E-state index contributed by atoms with van der Waals surface area (Å²) in [4.78, 5) is 3.99. The SMILES string of the molecule is Cc1cn[nH]c1CC1CCCN(S(=O)(=O)c2cn(C)cn2)C1. The molecule has 0 bridgehead atoms. The van der Waals surface area contributed by atoms with Crippen LogP contribution < -0.4 is 0 Å². The average molecular weight is 323 g/mol. The van der Waals surface area contributed by atoms with E-state index in [-0.39, 0.29) is 5.03 Å². The molecule has 1 atom stereocenters. The molecule has 120 valence electrons. The second-order valence-corrected chi connectivity index (χ2v) is 7.87. The summed E-state index contributed by atoms with van der Waals surface area (Å²) in [5.74, 6) is 0.311. The Hall–Kier alpha value is -1.67. The maximum atomic E-state index is 12.6. The van der Waals surface area contributed by atoms with Crippen LogP contribution in [0.3, 0.4) is 0 Å². The van der Waals surface area contributed by atoms with Gasteiger partial charge in [0.1, 0.15) is 0 Å². The zero-order valence-electron chi connectivity index (χ0n) is 12.9. The quantitative estimate of drug-likeness (QED) is 0.913. The minimum atomic E-state index is -3.49. The molecule has 3 rings (SSSR count). The van der Waals surface area contributed by atoms with Crippen molar-refractivity contribution >= 4 is 10.0 Å². The van der Waals surface area contributed by atoms with E-state index in [4.69, 9.17) is 0 Å². The lowest BCUT2D eigenvalue weighted by atomic mass is 9.94. The Labute approximate surface area is 130 Å². The summed E-state index contributed by atoms with van der Waals surface area (Å²) in [7, 11) is -1.72. The number of sulfonamides is 1. The summed E-state index contributed by atoms with van der Waals surface area (Å²) < 4.78 is 28.5. The fourth-order valence-electron chi connectivity index (χ4n) is 2.93. The van der Waals surface area contributed by atoms with Gasteiger partial charge in [0, 0.05) is 32.0 Å². The standard InChI is InChI=1S/C14H21N5O2S/c1-11-7-16-17-13(11)6-12-4-3-5-19(8-12)22(20,21)14-9-18(2)10-15-14/h7,9-10,12H,3-6,8H2,1-2H3,(H,16,17). The van der Waals surface area contributed by atoms with Crippen LogP contribution in [0.1, 0.15) is 24.1 Å². The average Bonchev–Trinajstić information content (AvgIpc) is 3.09. The molecule has 0 spiro atoms. The summed E-state index contributed by atoms with van der Waals surface area (Å²) >= 11 is 0. The van der Waals surface area contributed by atoms with Crippen LogP contribution in [0.15, 0.2) is 23.7 Å². The molecule has 3 heterocycles. The molecule has 1 unspecified atom stereocenters. The largest absolute Gasteiger partial charge is 0.339 e. The van der Waals surface area contributed by atoms with Crippen LogP contribution in [0.2, 0.25) is 0 Å². The van der Waals surface area contributed by atoms with Gasteiger partial charge >= 0.3 is 0 Å². The molecule has 0 aromatic carbocycles. The number of H-pyrrole nitrogens is 1. The highest BCUT2D eigenvalue weighted by Crippen LogP contribution is 2.25. The Bertz CT molecular complexity index is 749. The first-order valence-corrected chi connectivity index (χ1v) is 8.88. The highest BCUT2D eigenvalue weighted by atomic mass is 32.2. The Morgan fingerprint density at radius 3 is 2.91 bits per heavy atom. The van der Waals surface area contributed by atoms with E-state index in [2.05, 4.69) is 15.2 Å². The number of aromatic nitrogens is 4. The number of hydrogen-bond acceptors (Lipinski definition) is 4. The van der Waals surface area contributed by atoms with Gasteiger partial charge in [0.25, 0.3) is 10.0 Å². The minimum Gasteiger partial charge on any atom is -0.339 e. The number of aryl methyl sites for hydroxylation is 2. The normalized spacial score (nSPS) is 20.4. The molecule has 1 aliphatic heterocycles. The molecule has 1 saturated heterocycles. The third kappa shape index (κ3) is 2.93. The summed E-state index contributed by atoms with van der Waals surface area (Å²) in [5, 5.41) is 7.18. The van der Waals surface area contributed by atoms with Crippen molar-refractivity contribution in [3.05, 3.63) is 30.0 Å². The van der Waals surface area contributed by atoms with Crippen molar-refractivity contribution in [1.82, 2.24) is 24.1 Å². The van der Waals surface area contributed by atoms with Gasteiger partial charge in [-0.3, -0.25) is 5.10 Å². The molecular formula is C14H21N5O2S. The molecule has 1 aliphatic rings. The van der Waals surface area contributed by atoms with Gasteiger partial charge in [0.2, 0.25) is 0 Å². The van der Waals surface area contributed by atoms with E-state index in [1.165, 1.54) is 6.33 Å². The van der Waals surface area contributed by atoms with Crippen LogP contribution >= 0.6 is 0 Å². The number of piperidine rings is 1. The molecule has 0 amide bonds. The summed E-state index contributed by atoms with van der Waals surface area (Å²) in [6.07, 6.45) is 7.62. The van der Waals surface area contributed by atoms with E-state index >= 15 is 0 Å². The maximum Gasteiger partial charge on any atom is 0.262 e. The van der Waals surface area contributed by atoms with E-state index in [1.807, 2.05) is 6.92 Å². The Morgan fingerprint density at radius 2 is 2.27 bits per heavy atom. The highest BCUT2D eigenvalue weighted by Gasteiger charge is 2.32. The second kappa shape index (κ2) is 5.85. The molecule has 8 heteroatoms. The van der Waals surface area contributed by atoms with Crippen LogP contribution in [0.25, 0.3) is 0 Å². The lowest BCUT2D eigenvalue weighted by Gasteiger charge is -2.31. The van der Waals surface area contributed by atoms with Crippen molar-refractivity contribution in [3.8, 4) is 0 Å². The topological polar surface area (TPSA) is 83.9 Å². The van der Waals surface area contributed by atoms with Crippen LogP contribution in [0.5, 0.6) is 0 Å². The molecule has 1 N–H and O–H groups in total. The van der Waals surface area contributed by atoms with Crippen molar-refractivity contribution in [2.75, 3.05) is 13.1 Å². The number of imidazole rings is 1. The first-order chi connectivity index (χ1) is 10.5. The number of aromatic amines is 1. The molecule has 2 aromatic rings. The first kappa shape index (κ1) is 15.2. The lowest BCUT2D eigenvalue weighted by Crippen LogP contribution is -2.40. The molecule has 0 saturated carbocycles. The number of nitrogens with zero attached hydrogens (tertiary/aromatic N) is 4. The van der Waals surface area contributed by atoms with Gasteiger partial charge in [-0.15, -0.1) is 0 Å². The molecule has 0 aliphatic carbocycles. The molecule has 2 aromatic heterocycles. The predicted molar refractivity (Wildman–Crippen MR) is 81.7 cm³/mol. The molecule has 7 nitrogen and oxygen atoms in total. The van der Waals surface area contributed by atoms with Crippen molar-refractivity contribution in [3.63, 3.8) is 0 Å². The van der Waals surface area contributed by atoms with Gasteiger partial charge in [0.05, 0.1) is 12.5 Å². The highest BCUT2D eigenvalue weighted by molar-refractivity contribution is 7.89. The Morgan fingerprint density at radius 1 is 1.45 bits per heavy atom. The van der Waals surface area contributed by atoms with Crippen molar-refractivity contribution in [1.29, 1.82) is 0 Å². The van der Waals surface area contributed by atoms with Gasteiger partial charge in [-0.1, -0.05) is 0 Å². The third-order valence-corrected chi connectivity index (χ3v) is 5.94. The maximum absolute atomic E-state index is 12.6. The number of hydrogen-bond donors (Lipinski definition) is 1. The van der Waals surface area contributed by atoms with Crippen LogP contribution in [-0.4, -0.2) is 45.6 Å². The molecule has 1 fully saturated rings. The first-order valence-electron chi connectivity index (χ1n) is 7.44. The fraction of sp³-hybridized carbons (Fsp3) is 0.571. The van der Waals surface area contributed by atoms with Crippen molar-refractivity contribution < 1.29 is 8.42 Å². The Kier molecular flexibility index (Phi) is 4.05. The number of rotatable bonds is 4.